The Bertz CT molecular complexity index is 312. The molecule has 2 unspecified atom stereocenters. The van der Waals surface area contributed by atoms with Crippen LogP contribution in [0.4, 0.5) is 0 Å². The van der Waals surface area contributed by atoms with Gasteiger partial charge in [0.15, 0.2) is 0 Å². The van der Waals surface area contributed by atoms with E-state index in [1.54, 1.807) is 11.3 Å². The number of hydrogen-bond acceptors (Lipinski definition) is 4. The summed E-state index contributed by atoms with van der Waals surface area (Å²) in [7, 11) is 0. The predicted octanol–water partition coefficient (Wildman–Crippen LogP) is 3.11. The van der Waals surface area contributed by atoms with Gasteiger partial charge in [0.2, 0.25) is 0 Å². The molecule has 1 aliphatic rings. The van der Waals surface area contributed by atoms with Crippen molar-refractivity contribution >= 4 is 27.3 Å². The molecule has 1 saturated heterocycles. The Hall–Kier alpha value is -0.0000000000000000555. The van der Waals surface area contributed by atoms with Crippen molar-refractivity contribution in [2.45, 2.75) is 43.5 Å². The minimum absolute atomic E-state index is 0.355. The fourth-order valence-corrected chi connectivity index (χ4v) is 2.99. The van der Waals surface area contributed by atoms with E-state index in [9.17, 15) is 0 Å². The number of rotatable bonds is 4. The zero-order valence-corrected chi connectivity index (χ0v) is 11.2. The molecule has 0 aliphatic carbocycles. The van der Waals surface area contributed by atoms with Crippen LogP contribution < -0.4 is 0 Å². The minimum atomic E-state index is 0.355. The standard InChI is InChI=1S/C10H15BrN2OS/c1-2-8(11)10-13-12-9(15-10)6-7-4-3-5-14-7/h7-8H,2-6H2,1H3. The second kappa shape index (κ2) is 5.37. The third-order valence-electron chi connectivity index (χ3n) is 2.54. The van der Waals surface area contributed by atoms with Gasteiger partial charge in [-0.25, -0.2) is 0 Å². The first-order valence-electron chi connectivity index (χ1n) is 5.37. The van der Waals surface area contributed by atoms with Gasteiger partial charge in [-0.2, -0.15) is 0 Å². The van der Waals surface area contributed by atoms with Crippen LogP contribution in [0.2, 0.25) is 0 Å². The highest BCUT2D eigenvalue weighted by molar-refractivity contribution is 9.09. The number of hydrogen-bond donors (Lipinski definition) is 0. The summed E-state index contributed by atoms with van der Waals surface area (Å²) < 4.78 is 5.58. The Morgan fingerprint density at radius 1 is 1.60 bits per heavy atom. The topological polar surface area (TPSA) is 35.0 Å². The SMILES string of the molecule is CCC(Br)c1nnc(CC2CCCO2)s1. The fourth-order valence-electron chi connectivity index (χ4n) is 1.65. The Morgan fingerprint density at radius 3 is 3.13 bits per heavy atom. The van der Waals surface area contributed by atoms with Gasteiger partial charge in [-0.05, 0) is 19.3 Å². The number of aromatic nitrogens is 2. The molecular formula is C10H15BrN2OS. The third kappa shape index (κ3) is 2.98. The monoisotopic (exact) mass is 290 g/mol. The molecule has 0 saturated carbocycles. The second-order valence-corrected chi connectivity index (χ2v) is 5.95. The first kappa shape index (κ1) is 11.5. The van der Waals surface area contributed by atoms with E-state index in [1.807, 2.05) is 0 Å². The highest BCUT2D eigenvalue weighted by atomic mass is 79.9. The maximum Gasteiger partial charge on any atom is 0.131 e. The molecule has 0 N–H and O–H groups in total. The van der Waals surface area contributed by atoms with Crippen molar-refractivity contribution in [3.05, 3.63) is 10.0 Å². The van der Waals surface area contributed by atoms with Gasteiger partial charge in [0.05, 0.1) is 10.9 Å². The molecule has 1 aromatic rings. The zero-order valence-electron chi connectivity index (χ0n) is 8.78. The van der Waals surface area contributed by atoms with Crippen LogP contribution in [0.15, 0.2) is 0 Å². The summed E-state index contributed by atoms with van der Waals surface area (Å²) in [5.41, 5.74) is 0. The van der Waals surface area contributed by atoms with Crippen LogP contribution in [-0.2, 0) is 11.2 Å². The van der Waals surface area contributed by atoms with Crippen LogP contribution in [0.3, 0.4) is 0 Å². The van der Waals surface area contributed by atoms with Gasteiger partial charge in [0.25, 0.3) is 0 Å². The smallest absolute Gasteiger partial charge is 0.131 e. The normalized spacial score (nSPS) is 23.2. The summed E-state index contributed by atoms with van der Waals surface area (Å²) in [5, 5.41) is 10.6. The fraction of sp³-hybridized carbons (Fsp3) is 0.800. The van der Waals surface area contributed by atoms with Gasteiger partial charge in [-0.3, -0.25) is 0 Å². The molecular weight excluding hydrogens is 276 g/mol. The van der Waals surface area contributed by atoms with E-state index in [-0.39, 0.29) is 0 Å². The number of alkyl halides is 1. The quantitative estimate of drug-likeness (QED) is 0.800. The maximum atomic E-state index is 5.58. The van der Waals surface area contributed by atoms with Crippen LogP contribution in [0.25, 0.3) is 0 Å². The molecule has 5 heteroatoms. The molecule has 0 amide bonds. The molecule has 15 heavy (non-hydrogen) atoms. The highest BCUT2D eigenvalue weighted by Gasteiger charge is 2.19. The lowest BCUT2D eigenvalue weighted by Crippen LogP contribution is -2.08. The van der Waals surface area contributed by atoms with Gasteiger partial charge in [-0.1, -0.05) is 22.9 Å². The van der Waals surface area contributed by atoms with Crippen LogP contribution in [0.5, 0.6) is 0 Å². The lowest BCUT2D eigenvalue weighted by atomic mass is 10.2. The lowest BCUT2D eigenvalue weighted by molar-refractivity contribution is 0.111. The first-order chi connectivity index (χ1) is 7.29. The zero-order chi connectivity index (χ0) is 10.7. The molecule has 2 atom stereocenters. The van der Waals surface area contributed by atoms with Crippen LogP contribution in [0.1, 0.15) is 41.0 Å². The molecule has 0 aromatic carbocycles. The van der Waals surface area contributed by atoms with Crippen LogP contribution in [0, 0.1) is 0 Å². The maximum absolute atomic E-state index is 5.58. The van der Waals surface area contributed by atoms with Crippen molar-refractivity contribution < 1.29 is 4.74 Å². The van der Waals surface area contributed by atoms with E-state index >= 15 is 0 Å². The molecule has 1 aliphatic heterocycles. The molecule has 0 radical (unpaired) electrons. The minimum Gasteiger partial charge on any atom is -0.378 e. The second-order valence-electron chi connectivity index (χ2n) is 3.75. The van der Waals surface area contributed by atoms with E-state index in [0.717, 1.165) is 29.5 Å². The van der Waals surface area contributed by atoms with Crippen molar-refractivity contribution in [2.24, 2.45) is 0 Å². The van der Waals surface area contributed by atoms with Crippen molar-refractivity contribution in [1.82, 2.24) is 10.2 Å². The van der Waals surface area contributed by atoms with Gasteiger partial charge in [0, 0.05) is 13.0 Å². The summed E-state index contributed by atoms with van der Waals surface area (Å²) in [6.07, 6.45) is 4.71. The number of halogens is 1. The summed E-state index contributed by atoms with van der Waals surface area (Å²) in [4.78, 5) is 0.355. The summed E-state index contributed by atoms with van der Waals surface area (Å²) in [6, 6.07) is 0. The Balaban J connectivity index is 1.94. The van der Waals surface area contributed by atoms with Crippen LogP contribution in [-0.4, -0.2) is 22.9 Å². The molecule has 2 heterocycles. The van der Waals surface area contributed by atoms with E-state index in [4.69, 9.17) is 4.74 Å². The van der Waals surface area contributed by atoms with E-state index in [2.05, 4.69) is 33.1 Å². The largest absolute Gasteiger partial charge is 0.378 e. The molecule has 0 bridgehead atoms. The van der Waals surface area contributed by atoms with E-state index in [1.165, 1.54) is 12.8 Å². The highest BCUT2D eigenvalue weighted by Crippen LogP contribution is 2.29. The number of nitrogens with zero attached hydrogens (tertiary/aromatic N) is 2. The van der Waals surface area contributed by atoms with Gasteiger partial charge in [-0.15, -0.1) is 21.5 Å². The van der Waals surface area contributed by atoms with Crippen molar-refractivity contribution in [1.29, 1.82) is 0 Å². The first-order valence-corrected chi connectivity index (χ1v) is 7.10. The van der Waals surface area contributed by atoms with Crippen molar-refractivity contribution in [3.8, 4) is 0 Å². The van der Waals surface area contributed by atoms with Gasteiger partial charge >= 0.3 is 0 Å². The lowest BCUT2D eigenvalue weighted by Gasteiger charge is -2.04. The third-order valence-corrected chi connectivity index (χ3v) is 4.98. The Kier molecular flexibility index (Phi) is 4.11. The molecule has 84 valence electrons. The predicted molar refractivity (Wildman–Crippen MR) is 64.5 cm³/mol. The summed E-state index contributed by atoms with van der Waals surface area (Å²) in [6.45, 7) is 3.05. The molecule has 2 rings (SSSR count). The Labute approximate surface area is 102 Å². The van der Waals surface area contributed by atoms with Crippen molar-refractivity contribution in [2.75, 3.05) is 6.61 Å². The van der Waals surface area contributed by atoms with Gasteiger partial charge < -0.3 is 4.74 Å². The summed E-state index contributed by atoms with van der Waals surface area (Å²) >= 11 is 5.29. The van der Waals surface area contributed by atoms with Gasteiger partial charge in [0.1, 0.15) is 10.0 Å². The molecule has 1 aromatic heterocycles. The number of ether oxygens (including phenoxy) is 1. The van der Waals surface area contributed by atoms with E-state index < -0.39 is 0 Å². The molecule has 0 spiro atoms. The van der Waals surface area contributed by atoms with Crippen molar-refractivity contribution in [3.63, 3.8) is 0 Å². The average molecular weight is 291 g/mol. The molecule has 1 fully saturated rings. The molecule has 3 nitrogen and oxygen atoms in total. The average Bonchev–Trinajstić information content (AvgIpc) is 2.88. The summed E-state index contributed by atoms with van der Waals surface area (Å²) in [5.74, 6) is 0. The Morgan fingerprint density at radius 2 is 2.47 bits per heavy atom. The van der Waals surface area contributed by atoms with E-state index in [0.29, 0.717) is 10.9 Å². The van der Waals surface area contributed by atoms with Crippen LogP contribution >= 0.6 is 27.3 Å².